The number of para-hydroxylation sites is 3. The Hall–Kier alpha value is -5.74. The molecular weight excluding hydrogens is 498 g/mol. The number of nitrogens with zero attached hydrogens (tertiary/aromatic N) is 5. The van der Waals surface area contributed by atoms with Crippen LogP contribution in [0, 0.1) is 11.3 Å². The Morgan fingerprint density at radius 1 is 0.900 bits per heavy atom. The molecule has 0 unspecified atom stereocenters. The molecule has 0 aliphatic heterocycles. The number of aromatic nitrogens is 3. The first-order valence-corrected chi connectivity index (χ1v) is 12.8. The van der Waals surface area contributed by atoms with E-state index < -0.39 is 0 Å². The van der Waals surface area contributed by atoms with Gasteiger partial charge in [-0.05, 0) is 42.0 Å². The summed E-state index contributed by atoms with van der Waals surface area (Å²) in [5.74, 6) is 0.777. The molecule has 0 fully saturated rings. The Morgan fingerprint density at radius 3 is 2.52 bits per heavy atom. The zero-order valence-electron chi connectivity index (χ0n) is 21.2. The third kappa shape index (κ3) is 3.96. The minimum atomic E-state index is -0.288. The molecule has 0 aliphatic rings. The highest BCUT2D eigenvalue weighted by molar-refractivity contribution is 5.99. The van der Waals surface area contributed by atoms with Gasteiger partial charge in [0.15, 0.2) is 5.76 Å². The molecule has 0 spiro atoms. The third-order valence-corrected chi connectivity index (χ3v) is 7.01. The lowest BCUT2D eigenvalue weighted by atomic mass is 10.1. The summed E-state index contributed by atoms with van der Waals surface area (Å²) >= 11 is 0. The first-order valence-electron chi connectivity index (χ1n) is 12.8. The normalized spacial score (nSPS) is 11.6. The molecule has 0 amide bonds. The van der Waals surface area contributed by atoms with E-state index in [-0.39, 0.29) is 5.56 Å². The van der Waals surface area contributed by atoms with Crippen molar-refractivity contribution in [2.75, 3.05) is 0 Å². The second kappa shape index (κ2) is 9.53. The smallest absolute Gasteiger partial charge is 0.282 e. The summed E-state index contributed by atoms with van der Waals surface area (Å²) in [6, 6.07) is 34.6. The molecule has 7 nitrogen and oxygen atoms in total. The number of furan rings is 1. The van der Waals surface area contributed by atoms with E-state index >= 15 is 0 Å². The standard InChI is InChI=1S/C33H21N5O2/c34-18-23-10-1-2-11-24(23)20-37-21-25(26-12-5-7-15-29(26)37)19-35-38-32(31-17-22-9-3-8-16-30(22)40-31)36-28-14-6-4-13-27(28)33(38)39/h1-17,19,21H,20H2. The van der Waals surface area contributed by atoms with E-state index in [4.69, 9.17) is 9.40 Å². The van der Waals surface area contributed by atoms with E-state index in [0.717, 1.165) is 27.4 Å². The molecule has 4 aromatic carbocycles. The van der Waals surface area contributed by atoms with Gasteiger partial charge in [-0.2, -0.15) is 15.0 Å². The predicted molar refractivity (Wildman–Crippen MR) is 156 cm³/mol. The van der Waals surface area contributed by atoms with Crippen LogP contribution in [0.25, 0.3) is 44.4 Å². The average molecular weight is 520 g/mol. The molecule has 0 aliphatic carbocycles. The Kier molecular flexibility index (Phi) is 5.57. The molecule has 0 bridgehead atoms. The SMILES string of the molecule is N#Cc1ccccc1Cn1cc(C=Nn2c(-c3cc4ccccc4o3)nc3ccccc3c2=O)c2ccccc21. The lowest BCUT2D eigenvalue weighted by Crippen LogP contribution is -2.20. The van der Waals surface area contributed by atoms with E-state index in [1.807, 2.05) is 103 Å². The highest BCUT2D eigenvalue weighted by Gasteiger charge is 2.17. The molecule has 7 rings (SSSR count). The quantitative estimate of drug-likeness (QED) is 0.241. The fourth-order valence-corrected chi connectivity index (χ4v) is 5.06. The van der Waals surface area contributed by atoms with Crippen molar-refractivity contribution in [2.45, 2.75) is 6.54 Å². The Bertz CT molecular complexity index is 2160. The van der Waals surface area contributed by atoms with Crippen LogP contribution in [0.15, 0.2) is 124 Å². The topological polar surface area (TPSA) is 89.1 Å². The molecule has 0 saturated heterocycles. The number of benzene rings is 4. The minimum Gasteiger partial charge on any atom is -0.453 e. The summed E-state index contributed by atoms with van der Waals surface area (Å²) in [7, 11) is 0. The van der Waals surface area contributed by atoms with Crippen LogP contribution in [0.2, 0.25) is 0 Å². The molecule has 0 N–H and O–H groups in total. The van der Waals surface area contributed by atoms with Crippen LogP contribution in [0.3, 0.4) is 0 Å². The predicted octanol–water partition coefficient (Wildman–Crippen LogP) is 6.57. The van der Waals surface area contributed by atoms with Gasteiger partial charge >= 0.3 is 0 Å². The maximum atomic E-state index is 13.7. The molecular formula is C33H21N5O2. The van der Waals surface area contributed by atoms with E-state index in [0.29, 0.717) is 40.2 Å². The lowest BCUT2D eigenvalue weighted by Gasteiger charge is -2.07. The molecule has 0 atom stereocenters. The van der Waals surface area contributed by atoms with Crippen LogP contribution >= 0.6 is 0 Å². The second-order valence-corrected chi connectivity index (χ2v) is 9.46. The summed E-state index contributed by atoms with van der Waals surface area (Å²) in [6.07, 6.45) is 3.67. The van der Waals surface area contributed by atoms with Gasteiger partial charge in [-0.1, -0.05) is 66.7 Å². The third-order valence-electron chi connectivity index (χ3n) is 7.01. The number of rotatable bonds is 5. The van der Waals surface area contributed by atoms with Gasteiger partial charge in [0.1, 0.15) is 5.58 Å². The van der Waals surface area contributed by atoms with Gasteiger partial charge in [0.05, 0.1) is 28.8 Å². The average Bonchev–Trinajstić information content (AvgIpc) is 3.59. The highest BCUT2D eigenvalue weighted by Crippen LogP contribution is 2.27. The summed E-state index contributed by atoms with van der Waals surface area (Å²) in [4.78, 5) is 18.4. The van der Waals surface area contributed by atoms with Gasteiger partial charge in [-0.15, -0.1) is 0 Å². The van der Waals surface area contributed by atoms with Crippen LogP contribution in [-0.4, -0.2) is 20.4 Å². The van der Waals surface area contributed by atoms with Crippen LogP contribution in [0.5, 0.6) is 0 Å². The molecule has 0 saturated carbocycles. The van der Waals surface area contributed by atoms with Gasteiger partial charge < -0.3 is 8.98 Å². The van der Waals surface area contributed by atoms with E-state index in [1.165, 1.54) is 4.68 Å². The summed E-state index contributed by atoms with van der Waals surface area (Å²) in [5.41, 5.74) is 4.39. The first-order chi connectivity index (χ1) is 19.7. The Labute approximate surface area is 228 Å². The van der Waals surface area contributed by atoms with Gasteiger partial charge in [0.25, 0.3) is 5.56 Å². The molecule has 3 aromatic heterocycles. The van der Waals surface area contributed by atoms with Crippen molar-refractivity contribution in [3.63, 3.8) is 0 Å². The fraction of sp³-hybridized carbons (Fsp3) is 0.0303. The molecule has 190 valence electrons. The van der Waals surface area contributed by atoms with Crippen LogP contribution in [0.4, 0.5) is 0 Å². The van der Waals surface area contributed by atoms with E-state index in [2.05, 4.69) is 15.7 Å². The largest absolute Gasteiger partial charge is 0.453 e. The Morgan fingerprint density at radius 2 is 1.65 bits per heavy atom. The van der Waals surface area contributed by atoms with Gasteiger partial charge in [0, 0.05) is 34.6 Å². The van der Waals surface area contributed by atoms with Gasteiger partial charge in [0.2, 0.25) is 5.82 Å². The maximum Gasteiger partial charge on any atom is 0.282 e. The number of hydrogen-bond acceptors (Lipinski definition) is 5. The molecule has 0 radical (unpaired) electrons. The molecule has 7 heteroatoms. The van der Waals surface area contributed by atoms with Crippen molar-refractivity contribution >= 4 is 39.0 Å². The number of fused-ring (bicyclic) bond motifs is 3. The van der Waals surface area contributed by atoms with Crippen LogP contribution in [0.1, 0.15) is 16.7 Å². The van der Waals surface area contributed by atoms with E-state index in [1.54, 1.807) is 12.3 Å². The van der Waals surface area contributed by atoms with Gasteiger partial charge in [-0.25, -0.2) is 4.98 Å². The number of hydrogen-bond donors (Lipinski definition) is 0. The van der Waals surface area contributed by atoms with Crippen molar-refractivity contribution in [1.82, 2.24) is 14.2 Å². The van der Waals surface area contributed by atoms with Crippen LogP contribution < -0.4 is 5.56 Å². The first kappa shape index (κ1) is 23.4. The van der Waals surface area contributed by atoms with Crippen molar-refractivity contribution in [3.8, 4) is 17.7 Å². The highest BCUT2D eigenvalue weighted by atomic mass is 16.3. The summed E-state index contributed by atoms with van der Waals surface area (Å²) < 4.78 is 9.48. The molecule has 7 aromatic rings. The zero-order valence-corrected chi connectivity index (χ0v) is 21.2. The van der Waals surface area contributed by atoms with E-state index in [9.17, 15) is 10.1 Å². The zero-order chi connectivity index (χ0) is 27.1. The minimum absolute atomic E-state index is 0.288. The van der Waals surface area contributed by atoms with Crippen LogP contribution in [-0.2, 0) is 6.54 Å². The Balaban J connectivity index is 1.38. The summed E-state index contributed by atoms with van der Waals surface area (Å²) in [5, 5.41) is 16.6. The van der Waals surface area contributed by atoms with Crippen molar-refractivity contribution in [1.29, 1.82) is 5.26 Å². The molecule has 3 heterocycles. The van der Waals surface area contributed by atoms with Crippen molar-refractivity contribution in [2.24, 2.45) is 5.10 Å². The van der Waals surface area contributed by atoms with Gasteiger partial charge in [-0.3, -0.25) is 4.79 Å². The monoisotopic (exact) mass is 519 g/mol. The lowest BCUT2D eigenvalue weighted by molar-refractivity contribution is 0.616. The van der Waals surface area contributed by atoms with Crippen molar-refractivity contribution < 1.29 is 4.42 Å². The van der Waals surface area contributed by atoms with Crippen molar-refractivity contribution in [3.05, 3.63) is 136 Å². The molecule has 40 heavy (non-hydrogen) atoms. The number of nitriles is 1. The fourth-order valence-electron chi connectivity index (χ4n) is 5.06. The summed E-state index contributed by atoms with van der Waals surface area (Å²) in [6.45, 7) is 0.528. The maximum absolute atomic E-state index is 13.7. The second-order valence-electron chi connectivity index (χ2n) is 9.46.